The Morgan fingerprint density at radius 3 is 2.48 bits per heavy atom. The van der Waals surface area contributed by atoms with Gasteiger partial charge in [0.05, 0.1) is 4.92 Å². The third-order valence-electron chi connectivity index (χ3n) is 4.30. The second-order valence-corrected chi connectivity index (χ2v) is 6.76. The Kier molecular flexibility index (Phi) is 7.12. The van der Waals surface area contributed by atoms with E-state index in [0.717, 1.165) is 12.8 Å². The van der Waals surface area contributed by atoms with Gasteiger partial charge >= 0.3 is 0 Å². The molecule has 0 unspecified atom stereocenters. The molecule has 0 saturated heterocycles. The average Bonchev–Trinajstić information content (AvgIpc) is 2.64. The van der Waals surface area contributed by atoms with E-state index < -0.39 is 11.0 Å². The van der Waals surface area contributed by atoms with Crippen LogP contribution in [0.1, 0.15) is 47.8 Å². The Morgan fingerprint density at radius 2 is 1.93 bits per heavy atom. The van der Waals surface area contributed by atoms with Gasteiger partial charge in [-0.05, 0) is 25.8 Å². The molecule has 7 heteroatoms. The van der Waals surface area contributed by atoms with Crippen LogP contribution in [0.3, 0.4) is 0 Å². The number of aryl methyl sites for hydroxylation is 2. The topological polar surface area (TPSA) is 76.1 Å². The number of carbonyl (C=O) groups is 1. The van der Waals surface area contributed by atoms with Gasteiger partial charge in [0, 0.05) is 35.9 Å². The number of hydrogen-bond acceptors (Lipinski definition) is 4. The highest BCUT2D eigenvalue weighted by atomic mass is 32.1. The van der Waals surface area contributed by atoms with Gasteiger partial charge in [-0.2, -0.15) is 4.57 Å². The van der Waals surface area contributed by atoms with Crippen molar-refractivity contribution in [1.29, 1.82) is 0 Å². The molecule has 0 radical (unpaired) electrons. The zero-order valence-corrected chi connectivity index (χ0v) is 16.6. The van der Waals surface area contributed by atoms with Gasteiger partial charge in [-0.3, -0.25) is 14.9 Å². The second kappa shape index (κ2) is 9.32. The minimum atomic E-state index is -0.752. The Labute approximate surface area is 164 Å². The van der Waals surface area contributed by atoms with Crippen LogP contribution in [0.5, 0.6) is 0 Å². The molecule has 0 saturated carbocycles. The summed E-state index contributed by atoms with van der Waals surface area (Å²) in [5.41, 5.74) is 1.89. The molecule has 1 heterocycles. The first-order chi connectivity index (χ1) is 12.9. The zero-order chi connectivity index (χ0) is 20.0. The van der Waals surface area contributed by atoms with Crippen molar-refractivity contribution in [1.82, 2.24) is 5.32 Å². The van der Waals surface area contributed by atoms with Gasteiger partial charge < -0.3 is 5.32 Å². The molecular weight excluding hydrogens is 362 g/mol. The summed E-state index contributed by atoms with van der Waals surface area (Å²) in [7, 11) is 0. The zero-order valence-electron chi connectivity index (χ0n) is 15.8. The molecule has 1 aromatic carbocycles. The molecule has 142 valence electrons. The molecule has 2 rings (SSSR count). The van der Waals surface area contributed by atoms with E-state index >= 15 is 0 Å². The second-order valence-electron chi connectivity index (χ2n) is 6.32. The van der Waals surface area contributed by atoms with Crippen LogP contribution >= 0.6 is 12.2 Å². The van der Waals surface area contributed by atoms with Crippen molar-refractivity contribution >= 4 is 28.7 Å². The van der Waals surface area contributed by atoms with Gasteiger partial charge in [0.25, 0.3) is 11.7 Å². The number of pyridine rings is 1. The van der Waals surface area contributed by atoms with Crippen LogP contribution in [-0.2, 0) is 6.42 Å². The van der Waals surface area contributed by atoms with E-state index in [4.69, 9.17) is 12.2 Å². The molecule has 0 aliphatic rings. The lowest BCUT2D eigenvalue weighted by atomic mass is 10.0. The Bertz CT molecular complexity index is 850. The summed E-state index contributed by atoms with van der Waals surface area (Å²) in [6, 6.07) is 7.71. The van der Waals surface area contributed by atoms with Crippen LogP contribution in [0.15, 0.2) is 42.7 Å². The fourth-order valence-electron chi connectivity index (χ4n) is 2.87. The van der Waals surface area contributed by atoms with Crippen molar-refractivity contribution in [3.8, 4) is 0 Å². The number of carbonyl (C=O) groups excluding carboxylic acids is 1. The predicted molar refractivity (Wildman–Crippen MR) is 108 cm³/mol. The maximum absolute atomic E-state index is 13.2. The number of aromatic nitrogens is 1. The van der Waals surface area contributed by atoms with E-state index in [0.29, 0.717) is 17.1 Å². The standard InChI is InChI=1S/C20H23N3O3S/c1-4-6-15-9-11-22(12-10-15)18(20(27)21-5-2)19(24)16-8-7-14(3)17(13-16)23(25)26/h7-13,18H,4-6H2,1-3H3/p+1/t18-/m1/s1. The van der Waals surface area contributed by atoms with Crippen molar-refractivity contribution in [2.75, 3.05) is 6.54 Å². The molecule has 1 atom stereocenters. The maximum Gasteiger partial charge on any atom is 0.273 e. The Morgan fingerprint density at radius 1 is 1.26 bits per heavy atom. The number of hydrogen-bond donors (Lipinski definition) is 1. The number of nitro groups is 1. The number of nitrogens with one attached hydrogen (secondary N) is 1. The number of likely N-dealkylation sites (N-methyl/N-ethyl adjacent to an activating group) is 1. The largest absolute Gasteiger partial charge is 0.374 e. The molecule has 1 N–H and O–H groups in total. The summed E-state index contributed by atoms with van der Waals surface area (Å²) in [5.74, 6) is -0.280. The van der Waals surface area contributed by atoms with Gasteiger partial charge in [-0.25, -0.2) is 0 Å². The highest BCUT2D eigenvalue weighted by Gasteiger charge is 2.33. The van der Waals surface area contributed by atoms with E-state index in [2.05, 4.69) is 12.2 Å². The number of rotatable bonds is 8. The molecule has 6 nitrogen and oxygen atoms in total. The molecule has 1 aromatic heterocycles. The highest BCUT2D eigenvalue weighted by molar-refractivity contribution is 7.80. The molecule has 2 aromatic rings. The smallest absolute Gasteiger partial charge is 0.273 e. The van der Waals surface area contributed by atoms with Crippen molar-refractivity contribution in [3.05, 3.63) is 69.5 Å². The molecule has 0 aliphatic heterocycles. The summed E-state index contributed by atoms with van der Waals surface area (Å²) < 4.78 is 1.75. The van der Waals surface area contributed by atoms with E-state index in [1.165, 1.54) is 11.6 Å². The lowest BCUT2D eigenvalue weighted by molar-refractivity contribution is -0.692. The fraction of sp³-hybridized carbons (Fsp3) is 0.350. The molecule has 0 amide bonds. The lowest BCUT2D eigenvalue weighted by Crippen LogP contribution is -2.51. The maximum atomic E-state index is 13.2. The number of nitrogens with zero attached hydrogens (tertiary/aromatic N) is 2. The molecule has 0 aliphatic carbocycles. The molecule has 0 bridgehead atoms. The first-order valence-electron chi connectivity index (χ1n) is 8.95. The quantitative estimate of drug-likeness (QED) is 0.247. The normalized spacial score (nSPS) is 11.7. The summed E-state index contributed by atoms with van der Waals surface area (Å²) in [6.45, 7) is 6.25. The summed E-state index contributed by atoms with van der Waals surface area (Å²) in [4.78, 5) is 24.3. The van der Waals surface area contributed by atoms with E-state index in [1.807, 2.05) is 31.5 Å². The number of ketones is 1. The van der Waals surface area contributed by atoms with Gasteiger partial charge in [0.15, 0.2) is 17.4 Å². The summed E-state index contributed by atoms with van der Waals surface area (Å²) in [6.07, 6.45) is 5.66. The van der Waals surface area contributed by atoms with E-state index in [-0.39, 0.29) is 17.0 Å². The van der Waals surface area contributed by atoms with Crippen LogP contribution < -0.4 is 9.88 Å². The van der Waals surface area contributed by atoms with E-state index in [1.54, 1.807) is 23.6 Å². The van der Waals surface area contributed by atoms with Crippen molar-refractivity contribution < 1.29 is 14.3 Å². The first-order valence-corrected chi connectivity index (χ1v) is 9.36. The Hall–Kier alpha value is -2.67. The lowest BCUT2D eigenvalue weighted by Gasteiger charge is -2.14. The van der Waals surface area contributed by atoms with Crippen LogP contribution in [0, 0.1) is 17.0 Å². The van der Waals surface area contributed by atoms with Crippen LogP contribution in [0.2, 0.25) is 0 Å². The van der Waals surface area contributed by atoms with E-state index in [9.17, 15) is 14.9 Å². The molecule has 27 heavy (non-hydrogen) atoms. The number of nitro benzene ring substituents is 1. The first kappa shape index (κ1) is 20.6. The number of thiocarbonyl (C=S) groups is 1. The monoisotopic (exact) mass is 386 g/mol. The van der Waals surface area contributed by atoms with Crippen LogP contribution in [-0.4, -0.2) is 22.2 Å². The predicted octanol–water partition coefficient (Wildman–Crippen LogP) is 3.50. The van der Waals surface area contributed by atoms with Crippen molar-refractivity contribution in [2.45, 2.75) is 39.7 Å². The van der Waals surface area contributed by atoms with Gasteiger partial charge in [-0.15, -0.1) is 0 Å². The van der Waals surface area contributed by atoms with Gasteiger partial charge in [-0.1, -0.05) is 37.7 Å². The fourth-order valence-corrected chi connectivity index (χ4v) is 3.25. The van der Waals surface area contributed by atoms with Crippen molar-refractivity contribution in [3.63, 3.8) is 0 Å². The summed E-state index contributed by atoms with van der Waals surface area (Å²) in [5, 5.41) is 14.3. The minimum absolute atomic E-state index is 0.0720. The van der Waals surface area contributed by atoms with Crippen LogP contribution in [0.25, 0.3) is 0 Å². The molecule has 0 spiro atoms. The third-order valence-corrected chi connectivity index (χ3v) is 4.66. The van der Waals surface area contributed by atoms with Gasteiger partial charge in [0.1, 0.15) is 0 Å². The van der Waals surface area contributed by atoms with Crippen LogP contribution in [0.4, 0.5) is 5.69 Å². The average molecular weight is 386 g/mol. The molecular formula is C20H24N3O3S+. The minimum Gasteiger partial charge on any atom is -0.374 e. The van der Waals surface area contributed by atoms with Gasteiger partial charge in [0.2, 0.25) is 5.78 Å². The number of Topliss-reactive ketones (excluding diaryl/α,β-unsaturated/α-hetero) is 1. The SMILES string of the molecule is CCCc1cc[n+]([C@H](C(=O)c2ccc(C)c([N+](=O)[O-])c2)C(=S)NCC)cc1. The Balaban J connectivity index is 2.44. The summed E-state index contributed by atoms with van der Waals surface area (Å²) >= 11 is 5.44. The third kappa shape index (κ3) is 4.95. The van der Waals surface area contributed by atoms with Crippen molar-refractivity contribution in [2.24, 2.45) is 0 Å². The number of benzene rings is 1. The molecule has 0 fully saturated rings. The highest BCUT2D eigenvalue weighted by Crippen LogP contribution is 2.21.